The molecule has 0 aromatic heterocycles. The summed E-state index contributed by atoms with van der Waals surface area (Å²) in [6.07, 6.45) is 0.0137. The van der Waals surface area contributed by atoms with Gasteiger partial charge in [-0.3, -0.25) is 0 Å². The molecule has 4 nitrogen and oxygen atoms in total. The first kappa shape index (κ1) is 12.4. The molecule has 16 heavy (non-hydrogen) atoms. The van der Waals surface area contributed by atoms with Crippen molar-refractivity contribution < 1.29 is 14.3 Å². The highest BCUT2D eigenvalue weighted by molar-refractivity contribution is 5.90. The van der Waals surface area contributed by atoms with Crippen LogP contribution in [0.1, 0.15) is 31.1 Å². The third-order valence-corrected chi connectivity index (χ3v) is 1.89. The first-order valence-electron chi connectivity index (χ1n) is 5.28. The summed E-state index contributed by atoms with van der Waals surface area (Å²) in [5.41, 5.74) is 6.70. The normalized spacial score (nSPS) is 10.2. The first-order chi connectivity index (χ1) is 7.54. The van der Waals surface area contributed by atoms with E-state index in [0.717, 1.165) is 0 Å². The smallest absolute Gasteiger partial charge is 0.338 e. The lowest BCUT2D eigenvalue weighted by Gasteiger charge is -2.13. The van der Waals surface area contributed by atoms with Crippen LogP contribution in [0.5, 0.6) is 5.75 Å². The Labute approximate surface area is 95.3 Å². The van der Waals surface area contributed by atoms with E-state index < -0.39 is 0 Å². The number of carbonyl (C=O) groups is 1. The molecule has 1 aromatic rings. The molecule has 0 radical (unpaired) electrons. The van der Waals surface area contributed by atoms with E-state index in [9.17, 15) is 4.79 Å². The minimum absolute atomic E-state index is 0.0137. The van der Waals surface area contributed by atoms with Gasteiger partial charge >= 0.3 is 5.97 Å². The molecule has 0 heterocycles. The van der Waals surface area contributed by atoms with Crippen molar-refractivity contribution >= 4 is 11.7 Å². The average molecular weight is 223 g/mol. The van der Waals surface area contributed by atoms with Crippen molar-refractivity contribution in [3.05, 3.63) is 23.8 Å². The molecule has 0 aliphatic carbocycles. The zero-order chi connectivity index (χ0) is 12.1. The van der Waals surface area contributed by atoms with E-state index in [2.05, 4.69) is 0 Å². The Morgan fingerprint density at radius 1 is 1.44 bits per heavy atom. The van der Waals surface area contributed by atoms with Crippen LogP contribution in [0.2, 0.25) is 0 Å². The number of rotatable bonds is 4. The van der Waals surface area contributed by atoms with Gasteiger partial charge in [-0.25, -0.2) is 4.79 Å². The van der Waals surface area contributed by atoms with Crippen LogP contribution in [-0.2, 0) is 4.74 Å². The van der Waals surface area contributed by atoms with Gasteiger partial charge in [-0.1, -0.05) is 0 Å². The van der Waals surface area contributed by atoms with Gasteiger partial charge in [-0.15, -0.1) is 0 Å². The Morgan fingerprint density at radius 2 is 2.12 bits per heavy atom. The summed E-state index contributed by atoms with van der Waals surface area (Å²) in [5.74, 6) is 0.150. The number of benzene rings is 1. The van der Waals surface area contributed by atoms with Crippen LogP contribution in [-0.4, -0.2) is 18.7 Å². The van der Waals surface area contributed by atoms with Crippen molar-refractivity contribution in [3.8, 4) is 5.75 Å². The highest BCUT2D eigenvalue weighted by Crippen LogP contribution is 2.24. The molecule has 0 spiro atoms. The second-order valence-electron chi connectivity index (χ2n) is 3.64. The van der Waals surface area contributed by atoms with Crippen molar-refractivity contribution in [2.24, 2.45) is 0 Å². The average Bonchev–Trinajstić information content (AvgIpc) is 2.21. The van der Waals surface area contributed by atoms with Gasteiger partial charge in [0, 0.05) is 0 Å². The van der Waals surface area contributed by atoms with Gasteiger partial charge in [0.1, 0.15) is 5.75 Å². The Bertz CT molecular complexity index is 375. The van der Waals surface area contributed by atoms with Crippen LogP contribution < -0.4 is 10.5 Å². The van der Waals surface area contributed by atoms with Crippen LogP contribution in [0.25, 0.3) is 0 Å². The van der Waals surface area contributed by atoms with Gasteiger partial charge in [0.2, 0.25) is 0 Å². The van der Waals surface area contributed by atoms with Crippen molar-refractivity contribution in [3.63, 3.8) is 0 Å². The number of anilines is 1. The minimum atomic E-state index is -0.365. The summed E-state index contributed by atoms with van der Waals surface area (Å²) in [5, 5.41) is 0. The summed E-state index contributed by atoms with van der Waals surface area (Å²) >= 11 is 0. The maximum Gasteiger partial charge on any atom is 0.338 e. The van der Waals surface area contributed by atoms with Crippen LogP contribution in [0.4, 0.5) is 5.69 Å². The van der Waals surface area contributed by atoms with Crippen LogP contribution in [0, 0.1) is 0 Å². The van der Waals surface area contributed by atoms with E-state index >= 15 is 0 Å². The maximum absolute atomic E-state index is 11.5. The molecule has 0 aliphatic rings. The predicted octanol–water partition coefficient (Wildman–Crippen LogP) is 2.23. The van der Waals surface area contributed by atoms with Crippen LogP contribution in [0.3, 0.4) is 0 Å². The maximum atomic E-state index is 11.5. The number of hydrogen-bond donors (Lipinski definition) is 1. The number of esters is 1. The van der Waals surface area contributed by atoms with E-state index in [1.54, 1.807) is 25.1 Å². The molecule has 4 heteroatoms. The predicted molar refractivity (Wildman–Crippen MR) is 62.6 cm³/mol. The molecule has 0 atom stereocenters. The number of ether oxygens (including phenoxy) is 2. The molecule has 2 N–H and O–H groups in total. The molecular weight excluding hydrogens is 206 g/mol. The van der Waals surface area contributed by atoms with Crippen molar-refractivity contribution in [1.82, 2.24) is 0 Å². The molecule has 0 saturated carbocycles. The molecule has 0 saturated heterocycles. The van der Waals surface area contributed by atoms with Crippen LogP contribution >= 0.6 is 0 Å². The number of nitrogen functional groups attached to an aromatic ring is 1. The topological polar surface area (TPSA) is 61.5 Å². The highest BCUT2D eigenvalue weighted by Gasteiger charge is 2.10. The number of carbonyl (C=O) groups excluding carboxylic acids is 1. The second kappa shape index (κ2) is 5.39. The van der Waals surface area contributed by atoms with Gasteiger partial charge < -0.3 is 15.2 Å². The molecule has 0 aliphatic heterocycles. The van der Waals surface area contributed by atoms with E-state index in [-0.39, 0.29) is 12.1 Å². The van der Waals surface area contributed by atoms with Crippen LogP contribution in [0.15, 0.2) is 18.2 Å². The van der Waals surface area contributed by atoms with Crippen molar-refractivity contribution in [1.29, 1.82) is 0 Å². The number of nitrogens with two attached hydrogens (primary N) is 1. The van der Waals surface area contributed by atoms with E-state index in [0.29, 0.717) is 23.6 Å². The Morgan fingerprint density at radius 3 is 2.69 bits per heavy atom. The summed E-state index contributed by atoms with van der Waals surface area (Å²) in [4.78, 5) is 11.5. The third-order valence-electron chi connectivity index (χ3n) is 1.89. The molecule has 0 amide bonds. The van der Waals surface area contributed by atoms with Gasteiger partial charge in [0.05, 0.1) is 24.0 Å². The van der Waals surface area contributed by atoms with E-state index in [4.69, 9.17) is 15.2 Å². The summed E-state index contributed by atoms with van der Waals surface area (Å²) in [7, 11) is 0. The molecule has 0 bridgehead atoms. The van der Waals surface area contributed by atoms with E-state index in [1.165, 1.54) is 0 Å². The minimum Gasteiger partial charge on any atom is -0.489 e. The first-order valence-corrected chi connectivity index (χ1v) is 5.28. The van der Waals surface area contributed by atoms with Gasteiger partial charge in [-0.05, 0) is 39.0 Å². The second-order valence-corrected chi connectivity index (χ2v) is 3.64. The molecule has 0 unspecified atom stereocenters. The van der Waals surface area contributed by atoms with Gasteiger partial charge in [0.15, 0.2) is 0 Å². The fourth-order valence-corrected chi connectivity index (χ4v) is 1.23. The van der Waals surface area contributed by atoms with Crippen molar-refractivity contribution in [2.45, 2.75) is 26.9 Å². The Balaban J connectivity index is 2.93. The monoisotopic (exact) mass is 223 g/mol. The molecule has 1 aromatic carbocycles. The lowest BCUT2D eigenvalue weighted by atomic mass is 10.2. The zero-order valence-electron chi connectivity index (χ0n) is 9.82. The Hall–Kier alpha value is -1.71. The summed E-state index contributed by atoms with van der Waals surface area (Å²) in [6, 6.07) is 4.87. The molecule has 88 valence electrons. The summed E-state index contributed by atoms with van der Waals surface area (Å²) in [6.45, 7) is 5.91. The molecular formula is C12H17NO3. The Kier molecular flexibility index (Phi) is 4.17. The van der Waals surface area contributed by atoms with Gasteiger partial charge in [-0.2, -0.15) is 0 Å². The summed E-state index contributed by atoms with van der Waals surface area (Å²) < 4.78 is 10.4. The molecule has 0 fully saturated rings. The quantitative estimate of drug-likeness (QED) is 0.628. The van der Waals surface area contributed by atoms with Gasteiger partial charge in [0.25, 0.3) is 0 Å². The SMILES string of the molecule is CCOC(=O)c1ccc(N)c(OC(C)C)c1. The zero-order valence-corrected chi connectivity index (χ0v) is 9.82. The molecule has 1 rings (SSSR count). The highest BCUT2D eigenvalue weighted by atomic mass is 16.5. The third kappa shape index (κ3) is 3.15. The van der Waals surface area contributed by atoms with Crippen molar-refractivity contribution in [2.75, 3.05) is 12.3 Å². The van der Waals surface area contributed by atoms with E-state index in [1.807, 2.05) is 13.8 Å². The largest absolute Gasteiger partial charge is 0.489 e. The standard InChI is InChI=1S/C12H17NO3/c1-4-15-12(14)9-5-6-10(13)11(7-9)16-8(2)3/h5-8H,4,13H2,1-3H3. The lowest BCUT2D eigenvalue weighted by Crippen LogP contribution is -2.10. The fourth-order valence-electron chi connectivity index (χ4n) is 1.23. The lowest BCUT2D eigenvalue weighted by molar-refractivity contribution is 0.0525. The fraction of sp³-hybridized carbons (Fsp3) is 0.417. The number of hydrogen-bond acceptors (Lipinski definition) is 4.